The fourth-order valence-electron chi connectivity index (χ4n) is 3.81. The fourth-order valence-corrected chi connectivity index (χ4v) is 3.81. The number of hydrogen-bond acceptors (Lipinski definition) is 4. The standard InChI is InChI=1S/C18H22N4O2/c23-17(16-7-9-19-21-16)22-10-4-8-18(13-22)11-15(12-24-18)20-14-5-2-1-3-6-14/h1-3,5-7,9,15,20H,4,8,10-13H2,(H,19,21)/t15-,18-/m0/s1. The lowest BCUT2D eigenvalue weighted by atomic mass is 9.88. The van der Waals surface area contributed by atoms with Crippen LogP contribution in [0.5, 0.6) is 0 Å². The zero-order valence-corrected chi connectivity index (χ0v) is 13.6. The molecule has 2 saturated heterocycles. The minimum absolute atomic E-state index is 0.00893. The normalized spacial score (nSPS) is 26.7. The number of hydrogen-bond donors (Lipinski definition) is 2. The van der Waals surface area contributed by atoms with Gasteiger partial charge in [0.1, 0.15) is 5.69 Å². The lowest BCUT2D eigenvalue weighted by Crippen LogP contribution is -2.50. The summed E-state index contributed by atoms with van der Waals surface area (Å²) in [6.07, 6.45) is 4.51. The van der Waals surface area contributed by atoms with Gasteiger partial charge in [0.25, 0.3) is 5.91 Å². The largest absolute Gasteiger partial charge is 0.380 e. The van der Waals surface area contributed by atoms with Crippen molar-refractivity contribution in [1.82, 2.24) is 15.1 Å². The number of likely N-dealkylation sites (tertiary alicyclic amines) is 1. The molecule has 2 aliphatic rings. The van der Waals surface area contributed by atoms with Crippen LogP contribution in [-0.4, -0.2) is 52.3 Å². The number of piperidine rings is 1. The van der Waals surface area contributed by atoms with E-state index in [9.17, 15) is 4.79 Å². The van der Waals surface area contributed by atoms with Crippen LogP contribution in [-0.2, 0) is 4.74 Å². The Kier molecular flexibility index (Phi) is 3.98. The van der Waals surface area contributed by atoms with Crippen LogP contribution in [0.3, 0.4) is 0 Å². The second kappa shape index (κ2) is 6.28. The van der Waals surface area contributed by atoms with Gasteiger partial charge in [0, 0.05) is 24.8 Å². The number of nitrogens with one attached hydrogen (secondary N) is 2. The quantitative estimate of drug-likeness (QED) is 0.908. The van der Waals surface area contributed by atoms with Gasteiger partial charge in [-0.3, -0.25) is 9.89 Å². The van der Waals surface area contributed by atoms with Crippen molar-refractivity contribution in [1.29, 1.82) is 0 Å². The summed E-state index contributed by atoms with van der Waals surface area (Å²) in [5.74, 6) is 0.00893. The van der Waals surface area contributed by atoms with E-state index in [1.807, 2.05) is 23.1 Å². The molecular weight excluding hydrogens is 304 g/mol. The number of aromatic amines is 1. The van der Waals surface area contributed by atoms with Gasteiger partial charge in [-0.2, -0.15) is 5.10 Å². The van der Waals surface area contributed by atoms with Crippen LogP contribution in [0.2, 0.25) is 0 Å². The molecule has 24 heavy (non-hydrogen) atoms. The van der Waals surface area contributed by atoms with Gasteiger partial charge in [-0.25, -0.2) is 0 Å². The summed E-state index contributed by atoms with van der Waals surface area (Å²) in [6, 6.07) is 12.2. The minimum atomic E-state index is -0.222. The highest BCUT2D eigenvalue weighted by Crippen LogP contribution is 2.36. The van der Waals surface area contributed by atoms with E-state index in [-0.39, 0.29) is 17.6 Å². The van der Waals surface area contributed by atoms with E-state index in [1.54, 1.807) is 12.3 Å². The van der Waals surface area contributed by atoms with Crippen molar-refractivity contribution in [3.63, 3.8) is 0 Å². The van der Waals surface area contributed by atoms with Gasteiger partial charge in [0.2, 0.25) is 0 Å². The highest BCUT2D eigenvalue weighted by molar-refractivity contribution is 5.92. The summed E-state index contributed by atoms with van der Waals surface area (Å²) in [4.78, 5) is 14.4. The van der Waals surface area contributed by atoms with Crippen LogP contribution in [0.15, 0.2) is 42.6 Å². The topological polar surface area (TPSA) is 70.2 Å². The average Bonchev–Trinajstić information content (AvgIpc) is 3.26. The first-order valence-corrected chi connectivity index (χ1v) is 8.48. The van der Waals surface area contributed by atoms with Gasteiger partial charge in [-0.1, -0.05) is 18.2 Å². The number of anilines is 1. The number of ether oxygens (including phenoxy) is 1. The molecule has 2 aliphatic heterocycles. The van der Waals surface area contributed by atoms with Crippen molar-refractivity contribution in [2.24, 2.45) is 0 Å². The van der Waals surface area contributed by atoms with Crippen molar-refractivity contribution >= 4 is 11.6 Å². The lowest BCUT2D eigenvalue weighted by Gasteiger charge is -2.39. The molecule has 0 unspecified atom stereocenters. The molecular formula is C18H22N4O2. The Morgan fingerprint density at radius 2 is 2.21 bits per heavy atom. The van der Waals surface area contributed by atoms with Crippen LogP contribution in [0.25, 0.3) is 0 Å². The summed E-state index contributed by atoms with van der Waals surface area (Å²) in [6.45, 7) is 2.11. The first kappa shape index (κ1) is 15.2. The zero-order chi connectivity index (χ0) is 16.4. The highest BCUT2D eigenvalue weighted by Gasteiger charge is 2.44. The number of benzene rings is 1. The van der Waals surface area contributed by atoms with E-state index >= 15 is 0 Å². The molecule has 2 fully saturated rings. The monoisotopic (exact) mass is 326 g/mol. The summed E-state index contributed by atoms with van der Waals surface area (Å²) in [5.41, 5.74) is 1.44. The number of rotatable bonds is 3. The Bertz CT molecular complexity index is 688. The summed E-state index contributed by atoms with van der Waals surface area (Å²) >= 11 is 0. The first-order chi connectivity index (χ1) is 11.7. The first-order valence-electron chi connectivity index (χ1n) is 8.48. The predicted octanol–water partition coefficient (Wildman–Crippen LogP) is 2.29. The molecule has 3 heterocycles. The van der Waals surface area contributed by atoms with Crippen molar-refractivity contribution in [2.75, 3.05) is 25.0 Å². The Morgan fingerprint density at radius 1 is 1.33 bits per heavy atom. The third kappa shape index (κ3) is 3.01. The zero-order valence-electron chi connectivity index (χ0n) is 13.6. The van der Waals surface area contributed by atoms with Crippen molar-refractivity contribution in [3.05, 3.63) is 48.3 Å². The van der Waals surface area contributed by atoms with E-state index in [0.717, 1.165) is 31.5 Å². The second-order valence-electron chi connectivity index (χ2n) is 6.71. The number of nitrogens with zero attached hydrogens (tertiary/aromatic N) is 2. The molecule has 0 saturated carbocycles. The molecule has 1 aromatic carbocycles. The third-order valence-corrected chi connectivity index (χ3v) is 4.91. The van der Waals surface area contributed by atoms with E-state index in [2.05, 4.69) is 27.6 Å². The van der Waals surface area contributed by atoms with E-state index in [4.69, 9.17) is 4.74 Å². The molecule has 4 rings (SSSR count). The number of carbonyl (C=O) groups is 1. The predicted molar refractivity (Wildman–Crippen MR) is 90.9 cm³/mol. The van der Waals surface area contributed by atoms with E-state index < -0.39 is 0 Å². The van der Waals surface area contributed by atoms with Crippen molar-refractivity contribution in [2.45, 2.75) is 30.9 Å². The number of amides is 1. The molecule has 0 bridgehead atoms. The van der Waals surface area contributed by atoms with Gasteiger partial charge < -0.3 is 15.0 Å². The summed E-state index contributed by atoms with van der Waals surface area (Å²) < 4.78 is 6.18. The molecule has 1 aromatic heterocycles. The second-order valence-corrected chi connectivity index (χ2v) is 6.71. The minimum Gasteiger partial charge on any atom is -0.380 e. The molecule has 6 nitrogen and oxygen atoms in total. The van der Waals surface area contributed by atoms with Crippen molar-refractivity contribution < 1.29 is 9.53 Å². The van der Waals surface area contributed by atoms with E-state index in [0.29, 0.717) is 18.8 Å². The Labute approximate surface area is 141 Å². The van der Waals surface area contributed by atoms with Gasteiger partial charge in [0.15, 0.2) is 0 Å². The maximum Gasteiger partial charge on any atom is 0.271 e. The molecule has 1 amide bonds. The van der Waals surface area contributed by atoms with Crippen LogP contribution < -0.4 is 5.32 Å². The maximum atomic E-state index is 12.6. The Morgan fingerprint density at radius 3 is 3.00 bits per heavy atom. The number of aromatic nitrogens is 2. The number of H-pyrrole nitrogens is 1. The maximum absolute atomic E-state index is 12.6. The van der Waals surface area contributed by atoms with Crippen LogP contribution >= 0.6 is 0 Å². The Hall–Kier alpha value is -2.34. The van der Waals surface area contributed by atoms with Crippen LogP contribution in [0.1, 0.15) is 29.8 Å². The summed E-state index contributed by atoms with van der Waals surface area (Å²) in [7, 11) is 0. The summed E-state index contributed by atoms with van der Waals surface area (Å²) in [5, 5.41) is 10.2. The smallest absolute Gasteiger partial charge is 0.271 e. The third-order valence-electron chi connectivity index (χ3n) is 4.91. The molecule has 1 spiro atoms. The lowest BCUT2D eigenvalue weighted by molar-refractivity contribution is -0.0448. The molecule has 0 aliphatic carbocycles. The molecule has 2 atom stereocenters. The van der Waals surface area contributed by atoms with Gasteiger partial charge in [-0.15, -0.1) is 0 Å². The molecule has 2 aromatic rings. The Balaban J connectivity index is 1.41. The van der Waals surface area contributed by atoms with Gasteiger partial charge >= 0.3 is 0 Å². The van der Waals surface area contributed by atoms with E-state index in [1.165, 1.54) is 0 Å². The van der Waals surface area contributed by atoms with Crippen LogP contribution in [0, 0.1) is 0 Å². The average molecular weight is 326 g/mol. The molecule has 126 valence electrons. The fraction of sp³-hybridized carbons (Fsp3) is 0.444. The molecule has 2 N–H and O–H groups in total. The SMILES string of the molecule is O=C(c1ccn[nH]1)N1CCC[C@]2(C[C@H](Nc3ccccc3)CO2)C1. The molecule has 6 heteroatoms. The van der Waals surface area contributed by atoms with Crippen molar-refractivity contribution in [3.8, 4) is 0 Å². The molecule has 0 radical (unpaired) electrons. The highest BCUT2D eigenvalue weighted by atomic mass is 16.5. The van der Waals surface area contributed by atoms with Gasteiger partial charge in [-0.05, 0) is 31.0 Å². The number of carbonyl (C=O) groups excluding carboxylic acids is 1. The van der Waals surface area contributed by atoms with Crippen LogP contribution in [0.4, 0.5) is 5.69 Å². The van der Waals surface area contributed by atoms with Gasteiger partial charge in [0.05, 0.1) is 24.8 Å². The number of para-hydroxylation sites is 1.